The average Bonchev–Trinajstić information content (AvgIpc) is 1.60. The lowest BCUT2D eigenvalue weighted by molar-refractivity contribution is -0.117. The van der Waals surface area contributed by atoms with E-state index in [1.54, 1.807) is 6.92 Å². The van der Waals surface area contributed by atoms with Crippen LogP contribution in [0.2, 0.25) is 0 Å². The van der Waals surface area contributed by atoms with Crippen molar-refractivity contribution in [3.8, 4) is 0 Å². The zero-order valence-electron chi connectivity index (χ0n) is 6.84. The van der Waals surface area contributed by atoms with Gasteiger partial charge in [0.1, 0.15) is 5.44 Å². The van der Waals surface area contributed by atoms with Crippen molar-refractivity contribution in [3.05, 3.63) is 0 Å². The van der Waals surface area contributed by atoms with Crippen molar-refractivity contribution in [1.82, 2.24) is 0 Å². The van der Waals surface area contributed by atoms with Gasteiger partial charge in [0, 0.05) is 5.41 Å². The third-order valence-corrected chi connectivity index (χ3v) is 2.06. The standard InChI is InChI=1S/C7H14O2S/c1-5(8)10-6(9)7(2,3)4/h5,8H,1-4H3. The lowest BCUT2D eigenvalue weighted by Crippen LogP contribution is -2.18. The number of hydrogen-bond donors (Lipinski definition) is 1. The lowest BCUT2D eigenvalue weighted by Gasteiger charge is -2.16. The smallest absolute Gasteiger partial charge is 0.196 e. The maximum Gasteiger partial charge on any atom is 0.196 e. The van der Waals surface area contributed by atoms with E-state index in [0.29, 0.717) is 0 Å². The molecule has 0 aromatic carbocycles. The Morgan fingerprint density at radius 3 is 2.00 bits per heavy atom. The molecule has 1 N–H and O–H groups in total. The SMILES string of the molecule is CC(O)SC(=O)C(C)(C)C. The number of hydrogen-bond acceptors (Lipinski definition) is 3. The van der Waals surface area contributed by atoms with Crippen molar-refractivity contribution >= 4 is 16.9 Å². The summed E-state index contributed by atoms with van der Waals surface area (Å²) >= 11 is 0.978. The van der Waals surface area contributed by atoms with E-state index in [-0.39, 0.29) is 10.5 Å². The Kier molecular flexibility index (Phi) is 3.39. The maximum atomic E-state index is 11.1. The highest BCUT2D eigenvalue weighted by molar-refractivity contribution is 8.14. The second-order valence-corrected chi connectivity index (χ2v) is 4.54. The van der Waals surface area contributed by atoms with Crippen LogP contribution in [-0.2, 0) is 4.79 Å². The van der Waals surface area contributed by atoms with E-state index in [1.165, 1.54) is 0 Å². The van der Waals surface area contributed by atoms with Crippen LogP contribution in [0.15, 0.2) is 0 Å². The summed E-state index contributed by atoms with van der Waals surface area (Å²) in [5, 5.41) is 8.86. The van der Waals surface area contributed by atoms with E-state index < -0.39 is 5.44 Å². The molecule has 0 rings (SSSR count). The minimum Gasteiger partial charge on any atom is -0.382 e. The van der Waals surface area contributed by atoms with Crippen molar-refractivity contribution in [3.63, 3.8) is 0 Å². The van der Waals surface area contributed by atoms with Gasteiger partial charge < -0.3 is 5.11 Å². The molecule has 0 aromatic rings. The minimum atomic E-state index is -0.591. The second-order valence-electron chi connectivity index (χ2n) is 3.25. The highest BCUT2D eigenvalue weighted by atomic mass is 32.2. The summed E-state index contributed by atoms with van der Waals surface area (Å²) in [5.74, 6) is 0. The van der Waals surface area contributed by atoms with Gasteiger partial charge in [-0.25, -0.2) is 0 Å². The van der Waals surface area contributed by atoms with Crippen molar-refractivity contribution in [1.29, 1.82) is 0 Å². The van der Waals surface area contributed by atoms with Crippen LogP contribution in [0.25, 0.3) is 0 Å². The molecule has 0 aliphatic rings. The first-order valence-electron chi connectivity index (χ1n) is 3.23. The quantitative estimate of drug-likeness (QED) is 0.595. The van der Waals surface area contributed by atoms with Crippen molar-refractivity contribution in [2.45, 2.75) is 33.1 Å². The molecule has 0 aromatic heterocycles. The molecule has 10 heavy (non-hydrogen) atoms. The Hall–Kier alpha value is -0.0200. The number of thioether (sulfide) groups is 1. The molecule has 1 unspecified atom stereocenters. The molecule has 3 heteroatoms. The minimum absolute atomic E-state index is 0.0301. The summed E-state index contributed by atoms with van der Waals surface area (Å²) in [7, 11) is 0. The molecule has 1 atom stereocenters. The molecular weight excluding hydrogens is 148 g/mol. The van der Waals surface area contributed by atoms with Crippen LogP contribution in [0, 0.1) is 5.41 Å². The van der Waals surface area contributed by atoms with Gasteiger partial charge in [-0.05, 0) is 6.92 Å². The van der Waals surface area contributed by atoms with Gasteiger partial charge in [0.25, 0.3) is 0 Å². The van der Waals surface area contributed by atoms with Gasteiger partial charge in [0.2, 0.25) is 0 Å². The Bertz CT molecular complexity index is 124. The van der Waals surface area contributed by atoms with E-state index in [2.05, 4.69) is 0 Å². The fraction of sp³-hybridized carbons (Fsp3) is 0.857. The first-order chi connectivity index (χ1) is 4.34. The number of aliphatic hydroxyl groups is 1. The molecule has 0 heterocycles. The van der Waals surface area contributed by atoms with Crippen LogP contribution in [0.4, 0.5) is 0 Å². The molecule has 2 nitrogen and oxygen atoms in total. The van der Waals surface area contributed by atoms with Crippen LogP contribution < -0.4 is 0 Å². The number of carbonyl (C=O) groups is 1. The summed E-state index contributed by atoms with van der Waals surface area (Å²) in [6, 6.07) is 0. The van der Waals surface area contributed by atoms with Crippen molar-refractivity contribution < 1.29 is 9.90 Å². The molecule has 0 amide bonds. The monoisotopic (exact) mass is 162 g/mol. The molecule has 0 fully saturated rings. The predicted octanol–water partition coefficient (Wildman–Crippen LogP) is 1.63. The molecule has 0 bridgehead atoms. The van der Waals surface area contributed by atoms with Gasteiger partial charge in [-0.3, -0.25) is 4.79 Å². The van der Waals surface area contributed by atoms with E-state index in [1.807, 2.05) is 20.8 Å². The normalized spacial score (nSPS) is 14.9. The van der Waals surface area contributed by atoms with Crippen molar-refractivity contribution in [2.24, 2.45) is 5.41 Å². The Morgan fingerprint density at radius 2 is 1.90 bits per heavy atom. The van der Waals surface area contributed by atoms with Crippen LogP contribution in [0.3, 0.4) is 0 Å². The molecule has 0 aliphatic heterocycles. The summed E-state index contributed by atoms with van der Waals surface area (Å²) in [6.07, 6.45) is 0. The van der Waals surface area contributed by atoms with E-state index in [0.717, 1.165) is 11.8 Å². The molecule has 0 aliphatic carbocycles. The van der Waals surface area contributed by atoms with Crippen LogP contribution in [0.1, 0.15) is 27.7 Å². The van der Waals surface area contributed by atoms with Gasteiger partial charge in [-0.2, -0.15) is 0 Å². The van der Waals surface area contributed by atoms with Crippen LogP contribution in [0.5, 0.6) is 0 Å². The largest absolute Gasteiger partial charge is 0.382 e. The third kappa shape index (κ3) is 3.90. The van der Waals surface area contributed by atoms with E-state index in [4.69, 9.17) is 5.11 Å². The second kappa shape index (κ2) is 3.39. The van der Waals surface area contributed by atoms with Crippen molar-refractivity contribution in [2.75, 3.05) is 0 Å². The number of rotatable bonds is 1. The first kappa shape index (κ1) is 9.98. The topological polar surface area (TPSA) is 37.3 Å². The van der Waals surface area contributed by atoms with Gasteiger partial charge in [-0.15, -0.1) is 0 Å². The lowest BCUT2D eigenvalue weighted by atomic mass is 10.00. The third-order valence-electron chi connectivity index (χ3n) is 0.890. The Labute approximate surface area is 66.0 Å². The highest BCUT2D eigenvalue weighted by Gasteiger charge is 2.22. The molecule has 0 radical (unpaired) electrons. The van der Waals surface area contributed by atoms with Gasteiger partial charge in [0.15, 0.2) is 5.12 Å². The summed E-state index contributed by atoms with van der Waals surface area (Å²) < 4.78 is 0. The van der Waals surface area contributed by atoms with E-state index in [9.17, 15) is 4.79 Å². The predicted molar refractivity (Wildman–Crippen MR) is 43.7 cm³/mol. The van der Waals surface area contributed by atoms with Crippen LogP contribution >= 0.6 is 11.8 Å². The molecule has 60 valence electrons. The highest BCUT2D eigenvalue weighted by Crippen LogP contribution is 2.24. The summed E-state index contributed by atoms with van der Waals surface area (Å²) in [4.78, 5) is 11.1. The fourth-order valence-electron chi connectivity index (χ4n) is 0.332. The molecule has 0 saturated carbocycles. The average molecular weight is 162 g/mol. The first-order valence-corrected chi connectivity index (χ1v) is 4.11. The number of carbonyl (C=O) groups excluding carboxylic acids is 1. The molecule has 0 spiro atoms. The Balaban J connectivity index is 3.87. The zero-order chi connectivity index (χ0) is 8.36. The summed E-state index contributed by atoms with van der Waals surface area (Å²) in [5.41, 5.74) is -0.937. The van der Waals surface area contributed by atoms with Gasteiger partial charge >= 0.3 is 0 Å². The van der Waals surface area contributed by atoms with Gasteiger partial charge in [-0.1, -0.05) is 32.5 Å². The molecule has 0 saturated heterocycles. The van der Waals surface area contributed by atoms with Gasteiger partial charge in [0.05, 0.1) is 0 Å². The fourth-order valence-corrected chi connectivity index (χ4v) is 0.995. The Morgan fingerprint density at radius 1 is 1.50 bits per heavy atom. The maximum absolute atomic E-state index is 11.1. The molecular formula is C7H14O2S. The van der Waals surface area contributed by atoms with Crippen LogP contribution in [-0.4, -0.2) is 15.7 Å². The summed E-state index contributed by atoms with van der Waals surface area (Å²) in [6.45, 7) is 7.11. The van der Waals surface area contributed by atoms with E-state index >= 15 is 0 Å². The number of aliphatic hydroxyl groups excluding tert-OH is 1. The zero-order valence-corrected chi connectivity index (χ0v) is 7.66.